The quantitative estimate of drug-likeness (QED) is 0.283. The van der Waals surface area contributed by atoms with Gasteiger partial charge in [0.05, 0.1) is 0 Å². The molecule has 0 atom stereocenters. The number of fused-ring (bicyclic) bond motifs is 4. The van der Waals surface area contributed by atoms with Gasteiger partial charge in [-0.2, -0.15) is 0 Å². The van der Waals surface area contributed by atoms with E-state index < -0.39 is 0 Å². The van der Waals surface area contributed by atoms with Crippen LogP contribution in [-0.2, 0) is 0 Å². The van der Waals surface area contributed by atoms with Crippen LogP contribution in [0.5, 0.6) is 0 Å². The molecule has 0 spiro atoms. The van der Waals surface area contributed by atoms with Crippen molar-refractivity contribution in [3.8, 4) is 11.1 Å². The summed E-state index contributed by atoms with van der Waals surface area (Å²) in [5.74, 6) is 0. The molecule has 2 heteroatoms. The Balaban J connectivity index is 2.00. The zero-order valence-corrected chi connectivity index (χ0v) is 16.8. The van der Waals surface area contributed by atoms with Gasteiger partial charge in [-0.3, -0.25) is 0 Å². The van der Waals surface area contributed by atoms with E-state index in [-0.39, 0.29) is 0 Å². The average molecular weight is 425 g/mol. The summed E-state index contributed by atoms with van der Waals surface area (Å²) in [4.78, 5) is 0. The van der Waals surface area contributed by atoms with E-state index in [2.05, 4.69) is 95.8 Å². The van der Waals surface area contributed by atoms with E-state index in [1.807, 2.05) is 12.2 Å². The maximum atomic E-state index is 6.30. The highest BCUT2D eigenvalue weighted by Gasteiger charge is 2.18. The first-order chi connectivity index (χ1) is 13.7. The molecule has 0 fully saturated rings. The van der Waals surface area contributed by atoms with Crippen LogP contribution in [0.15, 0.2) is 88.8 Å². The molecule has 0 aliphatic carbocycles. The highest BCUT2D eigenvalue weighted by atomic mass is 79.9. The fourth-order valence-corrected chi connectivity index (χ4v) is 4.23. The minimum Gasteiger partial charge on any atom is -0.456 e. The molecule has 1 nitrogen and oxygen atoms in total. The minimum atomic E-state index is 0.865. The Morgan fingerprint density at radius 2 is 1.50 bits per heavy atom. The largest absolute Gasteiger partial charge is 0.456 e. The van der Waals surface area contributed by atoms with Crippen LogP contribution in [-0.4, -0.2) is 0 Å². The molecule has 5 aromatic rings. The van der Waals surface area contributed by atoms with E-state index in [9.17, 15) is 0 Å². The third-order valence-electron chi connectivity index (χ3n) is 5.26. The second-order valence-corrected chi connectivity index (χ2v) is 7.76. The van der Waals surface area contributed by atoms with Crippen LogP contribution >= 0.6 is 15.9 Å². The van der Waals surface area contributed by atoms with Crippen molar-refractivity contribution in [2.45, 2.75) is 0 Å². The molecule has 28 heavy (non-hydrogen) atoms. The van der Waals surface area contributed by atoms with Gasteiger partial charge in [-0.1, -0.05) is 77.6 Å². The van der Waals surface area contributed by atoms with Gasteiger partial charge in [0, 0.05) is 20.8 Å². The molecule has 4 aromatic carbocycles. The molecule has 0 aliphatic heterocycles. The van der Waals surface area contributed by atoms with E-state index in [4.69, 9.17) is 4.42 Å². The standard InChI is InChI=1S/C26H17BrO/c1-3-16-14-24-26(25(21(16)4-2)17-9-11-20(27)12-10-17)22-13-18-7-5-6-8-19(18)15-23(22)28-24/h3-15H,1-2H2. The number of furan rings is 1. The molecule has 1 aromatic heterocycles. The summed E-state index contributed by atoms with van der Waals surface area (Å²) in [5.41, 5.74) is 6.10. The lowest BCUT2D eigenvalue weighted by Crippen LogP contribution is -1.89. The second kappa shape index (κ2) is 6.50. The summed E-state index contributed by atoms with van der Waals surface area (Å²) in [7, 11) is 0. The maximum Gasteiger partial charge on any atom is 0.136 e. The molecule has 0 amide bonds. The normalized spacial score (nSPS) is 11.3. The Hall–Kier alpha value is -3.10. The average Bonchev–Trinajstić information content (AvgIpc) is 3.08. The van der Waals surface area contributed by atoms with Gasteiger partial charge in [0.25, 0.3) is 0 Å². The Morgan fingerprint density at radius 1 is 0.786 bits per heavy atom. The highest BCUT2D eigenvalue weighted by molar-refractivity contribution is 9.10. The molecule has 0 aliphatic rings. The number of hydrogen-bond donors (Lipinski definition) is 0. The molecule has 0 saturated heterocycles. The first kappa shape index (κ1) is 17.0. The molecule has 0 saturated carbocycles. The molecule has 0 N–H and O–H groups in total. The summed E-state index contributed by atoms with van der Waals surface area (Å²) in [5, 5.41) is 4.61. The van der Waals surface area contributed by atoms with Crippen molar-refractivity contribution in [1.82, 2.24) is 0 Å². The molecule has 0 radical (unpaired) electrons. The van der Waals surface area contributed by atoms with Gasteiger partial charge < -0.3 is 4.42 Å². The summed E-state index contributed by atoms with van der Waals surface area (Å²) in [6, 6.07) is 23.1. The summed E-state index contributed by atoms with van der Waals surface area (Å²) in [6.45, 7) is 8.07. The van der Waals surface area contributed by atoms with Crippen molar-refractivity contribution in [2.24, 2.45) is 0 Å². The van der Waals surface area contributed by atoms with Crippen LogP contribution in [0.2, 0.25) is 0 Å². The van der Waals surface area contributed by atoms with Crippen LogP contribution in [0.25, 0.3) is 56.0 Å². The second-order valence-electron chi connectivity index (χ2n) is 6.84. The van der Waals surface area contributed by atoms with Crippen molar-refractivity contribution in [1.29, 1.82) is 0 Å². The lowest BCUT2D eigenvalue weighted by Gasteiger charge is -2.12. The van der Waals surface area contributed by atoms with E-state index in [1.165, 1.54) is 10.8 Å². The minimum absolute atomic E-state index is 0.865. The lowest BCUT2D eigenvalue weighted by molar-refractivity contribution is 0.669. The SMILES string of the molecule is C=Cc1cc2oc3cc4ccccc4cc3c2c(-c2ccc(Br)cc2)c1C=C. The van der Waals surface area contributed by atoms with Gasteiger partial charge in [0.1, 0.15) is 11.2 Å². The topological polar surface area (TPSA) is 13.1 Å². The highest BCUT2D eigenvalue weighted by Crippen LogP contribution is 2.42. The number of hydrogen-bond acceptors (Lipinski definition) is 1. The number of rotatable bonds is 3. The van der Waals surface area contributed by atoms with E-state index >= 15 is 0 Å². The zero-order valence-electron chi connectivity index (χ0n) is 15.2. The molecular weight excluding hydrogens is 408 g/mol. The summed E-state index contributed by atoms with van der Waals surface area (Å²) in [6.07, 6.45) is 3.77. The van der Waals surface area contributed by atoms with Crippen molar-refractivity contribution < 1.29 is 4.42 Å². The van der Waals surface area contributed by atoms with Gasteiger partial charge in [-0.25, -0.2) is 0 Å². The fourth-order valence-electron chi connectivity index (χ4n) is 3.96. The lowest BCUT2D eigenvalue weighted by atomic mass is 9.90. The van der Waals surface area contributed by atoms with Crippen LogP contribution in [0.1, 0.15) is 11.1 Å². The summed E-state index contributed by atoms with van der Waals surface area (Å²) < 4.78 is 7.35. The Bertz CT molecular complexity index is 1390. The predicted octanol–water partition coefficient (Wildman–Crippen LogP) is 8.45. The maximum absolute atomic E-state index is 6.30. The van der Waals surface area contributed by atoms with Crippen molar-refractivity contribution in [2.75, 3.05) is 0 Å². The zero-order chi connectivity index (χ0) is 19.3. The monoisotopic (exact) mass is 424 g/mol. The molecule has 134 valence electrons. The van der Waals surface area contributed by atoms with Gasteiger partial charge >= 0.3 is 0 Å². The van der Waals surface area contributed by atoms with Crippen LogP contribution in [0.4, 0.5) is 0 Å². The number of benzene rings is 4. The molecule has 5 rings (SSSR count). The van der Waals surface area contributed by atoms with Gasteiger partial charge in [0.2, 0.25) is 0 Å². The van der Waals surface area contributed by atoms with Crippen LogP contribution in [0.3, 0.4) is 0 Å². The number of halogens is 1. The first-order valence-corrected chi connectivity index (χ1v) is 9.91. The first-order valence-electron chi connectivity index (χ1n) is 9.12. The molecular formula is C26H17BrO. The smallest absolute Gasteiger partial charge is 0.136 e. The third-order valence-corrected chi connectivity index (χ3v) is 5.79. The van der Waals surface area contributed by atoms with Gasteiger partial charge in [-0.05, 0) is 57.8 Å². The van der Waals surface area contributed by atoms with E-state index in [0.29, 0.717) is 0 Å². The van der Waals surface area contributed by atoms with E-state index in [1.54, 1.807) is 0 Å². The fraction of sp³-hybridized carbons (Fsp3) is 0. The van der Waals surface area contributed by atoms with Crippen LogP contribution < -0.4 is 0 Å². The van der Waals surface area contributed by atoms with Crippen molar-refractivity contribution >= 4 is 60.8 Å². The predicted molar refractivity (Wildman–Crippen MR) is 125 cm³/mol. The third kappa shape index (κ3) is 2.53. The van der Waals surface area contributed by atoms with E-state index in [0.717, 1.165) is 48.7 Å². The van der Waals surface area contributed by atoms with Crippen molar-refractivity contribution in [3.05, 3.63) is 95.5 Å². The Kier molecular flexibility index (Phi) is 3.96. The molecule has 0 bridgehead atoms. The molecule has 1 heterocycles. The van der Waals surface area contributed by atoms with Gasteiger partial charge in [-0.15, -0.1) is 0 Å². The summed E-state index contributed by atoms with van der Waals surface area (Å²) >= 11 is 3.54. The van der Waals surface area contributed by atoms with Crippen molar-refractivity contribution in [3.63, 3.8) is 0 Å². The Morgan fingerprint density at radius 3 is 2.18 bits per heavy atom. The van der Waals surface area contributed by atoms with Crippen LogP contribution in [0, 0.1) is 0 Å². The Labute approximate surface area is 171 Å². The van der Waals surface area contributed by atoms with Gasteiger partial charge in [0.15, 0.2) is 0 Å². The molecule has 0 unspecified atom stereocenters.